The summed E-state index contributed by atoms with van der Waals surface area (Å²) in [7, 11) is 0. The highest BCUT2D eigenvalue weighted by molar-refractivity contribution is 5.78. The van der Waals surface area contributed by atoms with Crippen LogP contribution < -0.4 is 5.32 Å². The van der Waals surface area contributed by atoms with Gasteiger partial charge in [-0.05, 0) is 25.7 Å². The van der Waals surface area contributed by atoms with E-state index in [9.17, 15) is 9.90 Å². The predicted octanol–water partition coefficient (Wildman–Crippen LogP) is 1.78. The van der Waals surface area contributed by atoms with Crippen LogP contribution in [0.1, 0.15) is 52.9 Å². The van der Waals surface area contributed by atoms with Crippen LogP contribution in [0.15, 0.2) is 0 Å². The van der Waals surface area contributed by atoms with E-state index in [1.165, 1.54) is 0 Å². The number of nitrogens with zero attached hydrogens (tertiary/aromatic N) is 1. The molecule has 2 N–H and O–H groups in total. The van der Waals surface area contributed by atoms with Crippen molar-refractivity contribution in [3.8, 4) is 0 Å². The van der Waals surface area contributed by atoms with Crippen LogP contribution in [0.2, 0.25) is 0 Å². The fraction of sp³-hybridized carbons (Fsp3) is 0.933. The van der Waals surface area contributed by atoms with Crippen molar-refractivity contribution in [1.29, 1.82) is 0 Å². The van der Waals surface area contributed by atoms with Crippen molar-refractivity contribution >= 4 is 5.91 Å². The van der Waals surface area contributed by atoms with E-state index in [2.05, 4.69) is 26.1 Å². The number of nitrogens with one attached hydrogen (secondary N) is 1. The lowest BCUT2D eigenvalue weighted by Gasteiger charge is -2.31. The molecule has 112 valence electrons. The molecule has 0 aliphatic heterocycles. The molecule has 1 rings (SSSR count). The number of aliphatic hydroxyl groups is 1. The zero-order valence-corrected chi connectivity index (χ0v) is 12.7. The van der Waals surface area contributed by atoms with Crippen molar-refractivity contribution in [2.75, 3.05) is 26.2 Å². The Morgan fingerprint density at radius 1 is 1.37 bits per heavy atom. The number of amides is 1. The Kier molecular flexibility index (Phi) is 6.80. The maximum atomic E-state index is 12.2. The zero-order valence-electron chi connectivity index (χ0n) is 12.7. The van der Waals surface area contributed by atoms with E-state index in [0.29, 0.717) is 6.54 Å². The average molecular weight is 270 g/mol. The van der Waals surface area contributed by atoms with E-state index in [1.807, 2.05) is 4.90 Å². The van der Waals surface area contributed by atoms with E-state index < -0.39 is 0 Å². The number of carbonyl (C=O) groups is 1. The topological polar surface area (TPSA) is 52.6 Å². The third-order valence-corrected chi connectivity index (χ3v) is 4.28. The van der Waals surface area contributed by atoms with Crippen LogP contribution in [0.3, 0.4) is 0 Å². The second-order valence-electron chi connectivity index (χ2n) is 6.02. The fourth-order valence-corrected chi connectivity index (χ4v) is 2.99. The van der Waals surface area contributed by atoms with Crippen LogP contribution in [0.4, 0.5) is 0 Å². The normalized spacial score (nSPS) is 26.6. The van der Waals surface area contributed by atoms with Crippen molar-refractivity contribution < 1.29 is 9.90 Å². The predicted molar refractivity (Wildman–Crippen MR) is 78.0 cm³/mol. The van der Waals surface area contributed by atoms with E-state index >= 15 is 0 Å². The SMILES string of the molecule is CCCN(CCC)C(=O)CN[C@H]1CCC[C@@]1(C)CO. The Hall–Kier alpha value is -0.610. The van der Waals surface area contributed by atoms with E-state index in [4.69, 9.17) is 0 Å². The lowest BCUT2D eigenvalue weighted by Crippen LogP contribution is -2.47. The quantitative estimate of drug-likeness (QED) is 0.707. The number of aliphatic hydroxyl groups excluding tert-OH is 1. The maximum absolute atomic E-state index is 12.2. The molecule has 0 unspecified atom stereocenters. The van der Waals surface area contributed by atoms with Crippen LogP contribution in [0.25, 0.3) is 0 Å². The second-order valence-corrected chi connectivity index (χ2v) is 6.02. The third-order valence-electron chi connectivity index (χ3n) is 4.28. The Balaban J connectivity index is 2.44. The molecule has 4 nitrogen and oxygen atoms in total. The minimum Gasteiger partial charge on any atom is -0.396 e. The number of hydrogen-bond donors (Lipinski definition) is 2. The maximum Gasteiger partial charge on any atom is 0.236 e. The Bertz CT molecular complexity index is 277. The molecular weight excluding hydrogens is 240 g/mol. The van der Waals surface area contributed by atoms with Crippen molar-refractivity contribution in [3.05, 3.63) is 0 Å². The summed E-state index contributed by atoms with van der Waals surface area (Å²) in [5.41, 5.74) is -0.0549. The average Bonchev–Trinajstić information content (AvgIpc) is 2.78. The Labute approximate surface area is 117 Å². The van der Waals surface area contributed by atoms with Gasteiger partial charge in [0.2, 0.25) is 5.91 Å². The molecule has 0 spiro atoms. The van der Waals surface area contributed by atoms with Crippen LogP contribution in [0.5, 0.6) is 0 Å². The molecule has 4 heteroatoms. The summed E-state index contributed by atoms with van der Waals surface area (Å²) in [5, 5.41) is 12.9. The zero-order chi connectivity index (χ0) is 14.3. The van der Waals surface area contributed by atoms with Gasteiger partial charge in [-0.25, -0.2) is 0 Å². The molecule has 1 amide bonds. The third kappa shape index (κ3) is 4.46. The molecule has 0 heterocycles. The van der Waals surface area contributed by atoms with Gasteiger partial charge < -0.3 is 15.3 Å². The number of hydrogen-bond acceptors (Lipinski definition) is 3. The lowest BCUT2D eigenvalue weighted by molar-refractivity contribution is -0.130. The first-order chi connectivity index (χ1) is 9.07. The highest BCUT2D eigenvalue weighted by atomic mass is 16.3. The molecule has 2 atom stereocenters. The van der Waals surface area contributed by atoms with Crippen LogP contribution >= 0.6 is 0 Å². The first kappa shape index (κ1) is 16.4. The minimum atomic E-state index is -0.0549. The first-order valence-electron chi connectivity index (χ1n) is 7.69. The molecule has 1 aliphatic rings. The minimum absolute atomic E-state index is 0.0549. The van der Waals surface area contributed by atoms with Gasteiger partial charge in [0.25, 0.3) is 0 Å². The van der Waals surface area contributed by atoms with Gasteiger partial charge in [0.15, 0.2) is 0 Å². The fourth-order valence-electron chi connectivity index (χ4n) is 2.99. The molecule has 0 aromatic carbocycles. The summed E-state index contributed by atoms with van der Waals surface area (Å²) < 4.78 is 0. The van der Waals surface area contributed by atoms with Gasteiger partial charge in [-0.15, -0.1) is 0 Å². The van der Waals surface area contributed by atoms with E-state index in [-0.39, 0.29) is 24.0 Å². The van der Waals surface area contributed by atoms with Gasteiger partial charge in [0, 0.05) is 31.2 Å². The van der Waals surface area contributed by atoms with Gasteiger partial charge in [-0.2, -0.15) is 0 Å². The van der Waals surface area contributed by atoms with Gasteiger partial charge in [0.05, 0.1) is 6.54 Å². The molecule has 0 aromatic rings. The molecule has 0 radical (unpaired) electrons. The monoisotopic (exact) mass is 270 g/mol. The van der Waals surface area contributed by atoms with Crippen molar-refractivity contribution in [2.45, 2.75) is 58.9 Å². The molecule has 1 fully saturated rings. The van der Waals surface area contributed by atoms with Crippen LogP contribution in [0, 0.1) is 5.41 Å². The van der Waals surface area contributed by atoms with Crippen molar-refractivity contribution in [3.63, 3.8) is 0 Å². The summed E-state index contributed by atoms with van der Waals surface area (Å²) >= 11 is 0. The molecule has 19 heavy (non-hydrogen) atoms. The van der Waals surface area contributed by atoms with Crippen LogP contribution in [-0.2, 0) is 4.79 Å². The van der Waals surface area contributed by atoms with Crippen molar-refractivity contribution in [2.24, 2.45) is 5.41 Å². The summed E-state index contributed by atoms with van der Waals surface area (Å²) in [5.74, 6) is 0.191. The van der Waals surface area contributed by atoms with Gasteiger partial charge in [-0.1, -0.05) is 27.2 Å². The second kappa shape index (κ2) is 7.85. The van der Waals surface area contributed by atoms with Gasteiger partial charge in [0.1, 0.15) is 0 Å². The van der Waals surface area contributed by atoms with Gasteiger partial charge in [-0.3, -0.25) is 4.79 Å². The molecular formula is C15H30N2O2. The molecule has 0 aromatic heterocycles. The lowest BCUT2D eigenvalue weighted by atomic mass is 9.86. The van der Waals surface area contributed by atoms with Crippen molar-refractivity contribution in [1.82, 2.24) is 10.2 Å². The summed E-state index contributed by atoms with van der Waals surface area (Å²) in [6.45, 7) is 8.60. The Morgan fingerprint density at radius 2 is 2.00 bits per heavy atom. The van der Waals surface area contributed by atoms with E-state index in [0.717, 1.165) is 45.2 Å². The molecule has 1 aliphatic carbocycles. The smallest absolute Gasteiger partial charge is 0.236 e. The molecule has 0 bridgehead atoms. The standard InChI is InChI=1S/C15H30N2O2/c1-4-9-17(10-5-2)14(19)11-16-13-7-6-8-15(13,3)12-18/h13,16,18H,4-12H2,1-3H3/t13-,15-/m0/s1. The molecule has 1 saturated carbocycles. The van der Waals surface area contributed by atoms with Crippen LogP contribution in [-0.4, -0.2) is 48.2 Å². The summed E-state index contributed by atoms with van der Waals surface area (Å²) in [4.78, 5) is 14.1. The highest BCUT2D eigenvalue weighted by Gasteiger charge is 2.38. The number of carbonyl (C=O) groups excluding carboxylic acids is 1. The first-order valence-corrected chi connectivity index (χ1v) is 7.69. The largest absolute Gasteiger partial charge is 0.396 e. The van der Waals surface area contributed by atoms with Gasteiger partial charge >= 0.3 is 0 Å². The number of rotatable bonds is 8. The molecule has 0 saturated heterocycles. The Morgan fingerprint density at radius 3 is 2.53 bits per heavy atom. The summed E-state index contributed by atoms with van der Waals surface area (Å²) in [6.07, 6.45) is 5.25. The summed E-state index contributed by atoms with van der Waals surface area (Å²) in [6, 6.07) is 0.270. The highest BCUT2D eigenvalue weighted by Crippen LogP contribution is 2.37. The van der Waals surface area contributed by atoms with E-state index in [1.54, 1.807) is 0 Å².